The summed E-state index contributed by atoms with van der Waals surface area (Å²) in [4.78, 5) is 0. The predicted molar refractivity (Wildman–Crippen MR) is 75.9 cm³/mol. The fourth-order valence-electron chi connectivity index (χ4n) is 0.289. The summed E-state index contributed by atoms with van der Waals surface area (Å²) >= 11 is 0. The normalized spacial score (nSPS) is 9.47. The van der Waals surface area contributed by atoms with Crippen LogP contribution < -0.4 is 5.73 Å². The van der Waals surface area contributed by atoms with Crippen molar-refractivity contribution in [3.63, 3.8) is 0 Å². The Morgan fingerprint density at radius 1 is 0.733 bits per heavy atom. The van der Waals surface area contributed by atoms with Crippen molar-refractivity contribution in [1.82, 2.24) is 0 Å². The van der Waals surface area contributed by atoms with Crippen LogP contribution in [-0.4, -0.2) is 0 Å². The van der Waals surface area contributed by atoms with Crippen LogP contribution in [-0.2, 0) is 0 Å². The van der Waals surface area contributed by atoms with Crippen LogP contribution in [0.2, 0.25) is 0 Å². The van der Waals surface area contributed by atoms with Gasteiger partial charge < -0.3 is 5.73 Å². The van der Waals surface area contributed by atoms with E-state index in [0.29, 0.717) is 0 Å². The Morgan fingerprint density at radius 3 is 1.13 bits per heavy atom. The molecule has 0 atom stereocenters. The average molecular weight is 213 g/mol. The molecule has 15 heavy (non-hydrogen) atoms. The van der Waals surface area contributed by atoms with Crippen LogP contribution in [0.3, 0.4) is 0 Å². The van der Waals surface area contributed by atoms with Gasteiger partial charge in [0.1, 0.15) is 0 Å². The first-order valence-electron chi connectivity index (χ1n) is 5.84. The van der Waals surface area contributed by atoms with Crippen LogP contribution >= 0.6 is 0 Å². The van der Waals surface area contributed by atoms with E-state index < -0.39 is 0 Å². The van der Waals surface area contributed by atoms with E-state index in [0.717, 1.165) is 5.70 Å². The quantitative estimate of drug-likeness (QED) is 0.478. The van der Waals surface area contributed by atoms with Crippen molar-refractivity contribution in [1.29, 1.82) is 0 Å². The Morgan fingerprint density at radius 2 is 1.07 bits per heavy atom. The summed E-state index contributed by atoms with van der Waals surface area (Å²) in [6.45, 7) is 15.9. The number of rotatable bonds is 1. The second-order valence-corrected chi connectivity index (χ2v) is 1.96. The zero-order valence-corrected chi connectivity index (χ0v) is 12.0. The van der Waals surface area contributed by atoms with Crippen molar-refractivity contribution in [2.24, 2.45) is 5.73 Å². The highest BCUT2D eigenvalue weighted by Crippen LogP contribution is 1.82. The standard InChI is InChI=1S/C6H11N.C4H8.2C2H6/c1-3-5-6(7)4-2;1-3-4-2;2*1-2/h3-5H,7H2,1-2H3;3-4H,1-2H3;2*1-2H3/b5-3-,6-4+;4-3-;;. The van der Waals surface area contributed by atoms with Gasteiger partial charge in [-0.15, -0.1) is 0 Å². The number of hydrogen-bond donors (Lipinski definition) is 1. The fourth-order valence-corrected chi connectivity index (χ4v) is 0.289. The van der Waals surface area contributed by atoms with Crippen LogP contribution in [0.4, 0.5) is 0 Å². The van der Waals surface area contributed by atoms with Crippen molar-refractivity contribution in [3.05, 3.63) is 36.1 Å². The molecular formula is C14H31N. The minimum atomic E-state index is 0.822. The molecule has 1 heteroatoms. The lowest BCUT2D eigenvalue weighted by Gasteiger charge is -1.83. The van der Waals surface area contributed by atoms with Gasteiger partial charge in [0.25, 0.3) is 0 Å². The van der Waals surface area contributed by atoms with Crippen LogP contribution in [0.1, 0.15) is 55.4 Å². The van der Waals surface area contributed by atoms with Gasteiger partial charge in [-0.25, -0.2) is 0 Å². The molecule has 0 aromatic rings. The monoisotopic (exact) mass is 213 g/mol. The zero-order chi connectivity index (χ0) is 13.1. The molecule has 92 valence electrons. The highest BCUT2D eigenvalue weighted by molar-refractivity contribution is 5.12. The van der Waals surface area contributed by atoms with E-state index in [4.69, 9.17) is 5.73 Å². The molecule has 2 N–H and O–H groups in total. The van der Waals surface area contributed by atoms with E-state index in [1.165, 1.54) is 0 Å². The smallest absolute Gasteiger partial charge is 0.0267 e. The lowest BCUT2D eigenvalue weighted by atomic mass is 10.4. The largest absolute Gasteiger partial charge is 0.399 e. The van der Waals surface area contributed by atoms with Gasteiger partial charge in [-0.2, -0.15) is 0 Å². The third-order valence-corrected chi connectivity index (χ3v) is 1.03. The van der Waals surface area contributed by atoms with Gasteiger partial charge >= 0.3 is 0 Å². The molecule has 0 aliphatic carbocycles. The molecular weight excluding hydrogens is 182 g/mol. The average Bonchev–Trinajstić information content (AvgIpc) is 2.34. The summed E-state index contributed by atoms with van der Waals surface area (Å²) < 4.78 is 0. The van der Waals surface area contributed by atoms with Crippen LogP contribution in [0.25, 0.3) is 0 Å². The Kier molecular flexibility index (Phi) is 60.2. The van der Waals surface area contributed by atoms with Gasteiger partial charge in [-0.3, -0.25) is 0 Å². The van der Waals surface area contributed by atoms with E-state index in [1.807, 2.05) is 85.8 Å². The number of nitrogens with two attached hydrogens (primary N) is 1. The summed E-state index contributed by atoms with van der Waals surface area (Å²) in [5.41, 5.74) is 6.18. The maximum absolute atomic E-state index is 5.36. The van der Waals surface area contributed by atoms with E-state index in [9.17, 15) is 0 Å². The molecule has 1 nitrogen and oxygen atoms in total. The van der Waals surface area contributed by atoms with E-state index in [-0.39, 0.29) is 0 Å². The first kappa shape index (κ1) is 23.7. The summed E-state index contributed by atoms with van der Waals surface area (Å²) in [6, 6.07) is 0. The number of allylic oxidation sites excluding steroid dienone is 5. The second kappa shape index (κ2) is 38.2. The van der Waals surface area contributed by atoms with Gasteiger partial charge in [-0.1, -0.05) is 52.0 Å². The minimum absolute atomic E-state index is 0.822. The van der Waals surface area contributed by atoms with Gasteiger partial charge in [0.2, 0.25) is 0 Å². The first-order chi connectivity index (χ1) is 7.22. The molecule has 0 aromatic carbocycles. The summed E-state index contributed by atoms with van der Waals surface area (Å²) in [5.74, 6) is 0. The first-order valence-corrected chi connectivity index (χ1v) is 5.84. The second-order valence-electron chi connectivity index (χ2n) is 1.96. The molecule has 0 bridgehead atoms. The summed E-state index contributed by atoms with van der Waals surface area (Å²) in [6.07, 6.45) is 9.63. The Hall–Kier alpha value is -0.980. The summed E-state index contributed by atoms with van der Waals surface area (Å²) in [5, 5.41) is 0. The molecule has 0 heterocycles. The molecule has 0 saturated carbocycles. The van der Waals surface area contributed by atoms with Crippen molar-refractivity contribution < 1.29 is 0 Å². The molecule has 0 aromatic heterocycles. The van der Waals surface area contributed by atoms with E-state index in [2.05, 4.69) is 0 Å². The SMILES string of the molecule is C/C=C\C.C/C=C\C(N)=C/C.CC.CC. The van der Waals surface area contributed by atoms with Crippen LogP contribution in [0.15, 0.2) is 36.1 Å². The van der Waals surface area contributed by atoms with Crippen molar-refractivity contribution in [2.45, 2.75) is 55.4 Å². The van der Waals surface area contributed by atoms with Crippen molar-refractivity contribution >= 4 is 0 Å². The Balaban J connectivity index is -0.0000000647. The molecule has 0 saturated heterocycles. The molecule has 0 unspecified atom stereocenters. The van der Waals surface area contributed by atoms with E-state index in [1.54, 1.807) is 0 Å². The molecule has 0 amide bonds. The zero-order valence-electron chi connectivity index (χ0n) is 12.0. The molecule has 0 aliphatic rings. The minimum Gasteiger partial charge on any atom is -0.399 e. The Labute approximate surface area is 97.8 Å². The van der Waals surface area contributed by atoms with Crippen LogP contribution in [0, 0.1) is 0 Å². The maximum Gasteiger partial charge on any atom is 0.0267 e. The lowest BCUT2D eigenvalue weighted by molar-refractivity contribution is 1.39. The molecule has 0 fully saturated rings. The van der Waals surface area contributed by atoms with Gasteiger partial charge in [0, 0.05) is 5.70 Å². The Bertz CT molecular complexity index is 137. The highest BCUT2D eigenvalue weighted by atomic mass is 14.5. The molecule has 0 radical (unpaired) electrons. The fraction of sp³-hybridized carbons (Fsp3) is 0.571. The highest BCUT2D eigenvalue weighted by Gasteiger charge is 1.69. The topological polar surface area (TPSA) is 26.0 Å². The predicted octanol–water partition coefficient (Wildman–Crippen LogP) is 5.06. The van der Waals surface area contributed by atoms with Crippen molar-refractivity contribution in [3.8, 4) is 0 Å². The van der Waals surface area contributed by atoms with E-state index >= 15 is 0 Å². The third-order valence-electron chi connectivity index (χ3n) is 1.03. The lowest BCUT2D eigenvalue weighted by Crippen LogP contribution is -1.89. The van der Waals surface area contributed by atoms with Crippen LogP contribution in [0.5, 0.6) is 0 Å². The number of hydrogen-bond acceptors (Lipinski definition) is 1. The molecule has 0 spiro atoms. The van der Waals surface area contributed by atoms with Crippen molar-refractivity contribution in [2.75, 3.05) is 0 Å². The maximum atomic E-state index is 5.36. The summed E-state index contributed by atoms with van der Waals surface area (Å²) in [7, 11) is 0. The molecule has 0 aliphatic heterocycles. The van der Waals surface area contributed by atoms with Gasteiger partial charge in [0.15, 0.2) is 0 Å². The molecule has 0 rings (SSSR count). The van der Waals surface area contributed by atoms with Gasteiger partial charge in [-0.05, 0) is 33.8 Å². The van der Waals surface area contributed by atoms with Gasteiger partial charge in [0.05, 0.1) is 0 Å². The third kappa shape index (κ3) is 62.7.